The molecular weight excluding hydrogens is 314 g/mol. The van der Waals surface area contributed by atoms with Crippen molar-refractivity contribution in [3.63, 3.8) is 0 Å². The zero-order chi connectivity index (χ0) is 16.2. The van der Waals surface area contributed by atoms with Crippen LogP contribution in [0.1, 0.15) is 23.7 Å². The Kier molecular flexibility index (Phi) is 5.23. The molecule has 6 heteroatoms. The molecule has 2 atom stereocenters. The van der Waals surface area contributed by atoms with Crippen molar-refractivity contribution < 1.29 is 19.1 Å². The predicted octanol–water partition coefficient (Wildman–Crippen LogP) is 2.01. The molecule has 0 aromatic heterocycles. The average Bonchev–Trinajstić information content (AvgIpc) is 2.94. The van der Waals surface area contributed by atoms with Crippen molar-refractivity contribution in [2.45, 2.75) is 18.3 Å². The third-order valence-corrected chi connectivity index (χ3v) is 5.35. The lowest BCUT2D eigenvalue weighted by Crippen LogP contribution is -2.30. The van der Waals surface area contributed by atoms with Gasteiger partial charge in [-0.05, 0) is 11.1 Å². The first kappa shape index (κ1) is 16.3. The van der Waals surface area contributed by atoms with Crippen molar-refractivity contribution in [3.05, 3.63) is 35.4 Å². The maximum absolute atomic E-state index is 12.4. The summed E-state index contributed by atoms with van der Waals surface area (Å²) in [5, 5.41) is 0. The lowest BCUT2D eigenvalue weighted by molar-refractivity contribution is -0.153. The average molecular weight is 335 g/mol. The van der Waals surface area contributed by atoms with Gasteiger partial charge in [0.25, 0.3) is 0 Å². The van der Waals surface area contributed by atoms with Gasteiger partial charge in [0.05, 0.1) is 12.5 Å². The van der Waals surface area contributed by atoms with Crippen molar-refractivity contribution in [3.8, 4) is 0 Å². The van der Waals surface area contributed by atoms with E-state index in [1.165, 1.54) is 5.56 Å². The van der Waals surface area contributed by atoms with E-state index in [1.807, 2.05) is 18.2 Å². The molecule has 1 fully saturated rings. The molecule has 0 aliphatic carbocycles. The van der Waals surface area contributed by atoms with Gasteiger partial charge in [-0.25, -0.2) is 0 Å². The molecule has 2 aliphatic heterocycles. The molecule has 0 saturated carbocycles. The normalized spacial score (nSPS) is 23.7. The van der Waals surface area contributed by atoms with E-state index >= 15 is 0 Å². The highest BCUT2D eigenvalue weighted by Gasteiger charge is 2.36. The van der Waals surface area contributed by atoms with Gasteiger partial charge in [-0.15, -0.1) is 0 Å². The second-order valence-electron chi connectivity index (χ2n) is 5.87. The minimum absolute atomic E-state index is 0.00224. The molecule has 2 aliphatic rings. The molecule has 0 N–H and O–H groups in total. The zero-order valence-electron chi connectivity index (χ0n) is 13.2. The summed E-state index contributed by atoms with van der Waals surface area (Å²) in [6.07, 6.45) is 0.0323. The quantitative estimate of drug-likeness (QED) is 0.771. The zero-order valence-corrected chi connectivity index (χ0v) is 14.0. The van der Waals surface area contributed by atoms with E-state index in [9.17, 15) is 9.59 Å². The molecule has 1 amide bonds. The van der Waals surface area contributed by atoms with E-state index < -0.39 is 0 Å². The third-order valence-electron chi connectivity index (χ3n) is 4.30. The largest absolute Gasteiger partial charge is 0.456 e. The van der Waals surface area contributed by atoms with Gasteiger partial charge in [0.2, 0.25) is 5.91 Å². The van der Waals surface area contributed by atoms with Crippen LogP contribution < -0.4 is 0 Å². The predicted molar refractivity (Wildman–Crippen MR) is 88.0 cm³/mol. The van der Waals surface area contributed by atoms with Crippen LogP contribution >= 0.6 is 11.8 Å². The fourth-order valence-corrected chi connectivity index (χ4v) is 4.09. The topological polar surface area (TPSA) is 55.8 Å². The third kappa shape index (κ3) is 3.70. The maximum atomic E-state index is 12.4. The summed E-state index contributed by atoms with van der Waals surface area (Å²) in [4.78, 5) is 26.1. The Morgan fingerprint density at radius 3 is 3.04 bits per heavy atom. The van der Waals surface area contributed by atoms with E-state index in [0.29, 0.717) is 19.7 Å². The molecule has 1 aromatic rings. The van der Waals surface area contributed by atoms with E-state index in [1.54, 1.807) is 23.8 Å². The number of benzene rings is 1. The Bertz CT molecular complexity index is 592. The number of hydrogen-bond donors (Lipinski definition) is 0. The van der Waals surface area contributed by atoms with Crippen LogP contribution in [-0.2, 0) is 24.8 Å². The van der Waals surface area contributed by atoms with Crippen molar-refractivity contribution >= 4 is 23.6 Å². The summed E-state index contributed by atoms with van der Waals surface area (Å²) in [6.45, 7) is 1.45. The van der Waals surface area contributed by atoms with Crippen LogP contribution in [-0.4, -0.2) is 49.3 Å². The molecule has 124 valence electrons. The lowest BCUT2D eigenvalue weighted by Gasteiger charge is -2.26. The molecular formula is C17H21NO4S. The number of fused-ring (bicyclic) bond motifs is 1. The van der Waals surface area contributed by atoms with Crippen molar-refractivity contribution in [2.75, 3.05) is 32.6 Å². The minimum Gasteiger partial charge on any atom is -0.456 e. The van der Waals surface area contributed by atoms with Crippen LogP contribution in [0.2, 0.25) is 0 Å². The number of hydrogen-bond acceptors (Lipinski definition) is 5. The summed E-state index contributed by atoms with van der Waals surface area (Å²) in [7, 11) is 1.60. The summed E-state index contributed by atoms with van der Waals surface area (Å²) < 4.78 is 10.7. The van der Waals surface area contributed by atoms with Crippen LogP contribution in [0.15, 0.2) is 24.3 Å². The molecule has 0 unspecified atom stereocenters. The first-order valence-electron chi connectivity index (χ1n) is 7.81. The number of rotatable bonds is 5. The standard InChI is InChI=1S/C17H21NO4S/c1-21-7-6-18-9-13(8-16(18)19)17(20)22-15-11-23-10-12-4-2-3-5-14(12)15/h2-5,13,15H,6-11H2,1H3/t13-,15-/m1/s1. The molecule has 5 nitrogen and oxygen atoms in total. The van der Waals surface area contributed by atoms with Gasteiger partial charge >= 0.3 is 5.97 Å². The molecule has 1 saturated heterocycles. The minimum atomic E-state index is -0.363. The smallest absolute Gasteiger partial charge is 0.311 e. The summed E-state index contributed by atoms with van der Waals surface area (Å²) in [5.41, 5.74) is 2.32. The SMILES string of the molecule is COCCN1C[C@H](C(=O)O[C@@H]2CSCc3ccccc32)CC1=O. The molecule has 0 spiro atoms. The number of carbonyl (C=O) groups excluding carboxylic acids is 2. The molecule has 0 radical (unpaired) electrons. The number of esters is 1. The van der Waals surface area contributed by atoms with Gasteiger partial charge in [-0.3, -0.25) is 9.59 Å². The van der Waals surface area contributed by atoms with Crippen molar-refractivity contribution in [2.24, 2.45) is 5.92 Å². The first-order chi connectivity index (χ1) is 11.2. The number of likely N-dealkylation sites (tertiary alicyclic amines) is 1. The Balaban J connectivity index is 1.61. The number of ether oxygens (including phenoxy) is 2. The first-order valence-corrected chi connectivity index (χ1v) is 8.97. The second-order valence-corrected chi connectivity index (χ2v) is 6.90. The molecule has 23 heavy (non-hydrogen) atoms. The van der Waals surface area contributed by atoms with Gasteiger partial charge in [-0.1, -0.05) is 24.3 Å². The highest BCUT2D eigenvalue weighted by molar-refractivity contribution is 7.98. The second kappa shape index (κ2) is 7.36. The van der Waals surface area contributed by atoms with E-state index in [2.05, 4.69) is 6.07 Å². The van der Waals surface area contributed by atoms with Crippen molar-refractivity contribution in [1.29, 1.82) is 0 Å². The number of carbonyl (C=O) groups is 2. The van der Waals surface area contributed by atoms with Crippen LogP contribution in [0.4, 0.5) is 0 Å². The Morgan fingerprint density at radius 2 is 2.22 bits per heavy atom. The van der Waals surface area contributed by atoms with Gasteiger partial charge in [0.1, 0.15) is 6.10 Å². The number of thioether (sulfide) groups is 1. The number of amides is 1. The fraction of sp³-hybridized carbons (Fsp3) is 0.529. The fourth-order valence-electron chi connectivity index (χ4n) is 3.03. The molecule has 1 aromatic carbocycles. The van der Waals surface area contributed by atoms with Crippen LogP contribution in [0.5, 0.6) is 0 Å². The van der Waals surface area contributed by atoms with Gasteiger partial charge in [0.15, 0.2) is 0 Å². The summed E-state index contributed by atoms with van der Waals surface area (Å²) in [5.74, 6) is 1.11. The Hall–Kier alpha value is -1.53. The molecule has 2 heterocycles. The van der Waals surface area contributed by atoms with Crippen LogP contribution in [0.25, 0.3) is 0 Å². The lowest BCUT2D eigenvalue weighted by atomic mass is 10.0. The maximum Gasteiger partial charge on any atom is 0.311 e. The highest BCUT2D eigenvalue weighted by Crippen LogP contribution is 2.35. The Labute approximate surface area is 140 Å². The van der Waals surface area contributed by atoms with Gasteiger partial charge < -0.3 is 14.4 Å². The van der Waals surface area contributed by atoms with Crippen LogP contribution in [0.3, 0.4) is 0 Å². The van der Waals surface area contributed by atoms with E-state index in [-0.39, 0.29) is 30.3 Å². The number of nitrogens with zero attached hydrogens (tertiary/aromatic N) is 1. The van der Waals surface area contributed by atoms with Crippen LogP contribution in [0, 0.1) is 5.92 Å². The highest BCUT2D eigenvalue weighted by atomic mass is 32.2. The molecule has 0 bridgehead atoms. The Morgan fingerprint density at radius 1 is 1.39 bits per heavy atom. The van der Waals surface area contributed by atoms with Gasteiger partial charge in [-0.2, -0.15) is 11.8 Å². The monoisotopic (exact) mass is 335 g/mol. The number of methoxy groups -OCH3 is 1. The van der Waals surface area contributed by atoms with E-state index in [0.717, 1.165) is 17.1 Å². The summed E-state index contributed by atoms with van der Waals surface area (Å²) >= 11 is 1.77. The van der Waals surface area contributed by atoms with Gasteiger partial charge in [0, 0.05) is 38.1 Å². The summed E-state index contributed by atoms with van der Waals surface area (Å²) in [6, 6.07) is 8.08. The van der Waals surface area contributed by atoms with Crippen molar-refractivity contribution in [1.82, 2.24) is 4.90 Å². The molecule has 3 rings (SSSR count). The van der Waals surface area contributed by atoms with E-state index in [4.69, 9.17) is 9.47 Å².